The Morgan fingerprint density at radius 2 is 1.63 bits per heavy atom. The van der Waals surface area contributed by atoms with Crippen LogP contribution >= 0.6 is 0 Å². The van der Waals surface area contributed by atoms with Crippen molar-refractivity contribution in [1.82, 2.24) is 10.3 Å². The molecule has 0 atom stereocenters. The van der Waals surface area contributed by atoms with Gasteiger partial charge in [-0.1, -0.05) is 12.1 Å². The van der Waals surface area contributed by atoms with Gasteiger partial charge in [0.15, 0.2) is 18.1 Å². The van der Waals surface area contributed by atoms with Gasteiger partial charge >= 0.3 is 0 Å². The molecular formula is C17H19N3O6S. The number of hydrogen-bond acceptors (Lipinski definition) is 6. The number of hydrazine groups is 1. The Kier molecular flexibility index (Phi) is 6.74. The lowest BCUT2D eigenvalue weighted by Gasteiger charge is -2.11. The van der Waals surface area contributed by atoms with E-state index >= 15 is 0 Å². The number of nitrogens with one attached hydrogen (secondary N) is 3. The molecule has 0 aliphatic carbocycles. The topological polar surface area (TPSA) is 123 Å². The van der Waals surface area contributed by atoms with Crippen molar-refractivity contribution in [2.45, 2.75) is 11.8 Å². The first-order valence-electron chi connectivity index (χ1n) is 7.76. The van der Waals surface area contributed by atoms with Gasteiger partial charge in [0.25, 0.3) is 15.9 Å². The lowest BCUT2D eigenvalue weighted by atomic mass is 10.3. The van der Waals surface area contributed by atoms with Gasteiger partial charge in [-0.3, -0.25) is 15.0 Å². The van der Waals surface area contributed by atoms with Crippen LogP contribution < -0.4 is 25.0 Å². The molecule has 0 aliphatic heterocycles. The normalized spacial score (nSPS) is 10.7. The Morgan fingerprint density at radius 1 is 1.00 bits per heavy atom. The lowest BCUT2D eigenvalue weighted by Crippen LogP contribution is -2.43. The Labute approximate surface area is 156 Å². The van der Waals surface area contributed by atoms with E-state index in [2.05, 4.69) is 10.7 Å². The monoisotopic (exact) mass is 393 g/mol. The van der Waals surface area contributed by atoms with Crippen molar-refractivity contribution < 1.29 is 27.5 Å². The highest BCUT2D eigenvalue weighted by atomic mass is 32.2. The second-order valence-electron chi connectivity index (χ2n) is 5.30. The quantitative estimate of drug-likeness (QED) is 0.576. The minimum Gasteiger partial charge on any atom is -0.493 e. The third-order valence-corrected chi connectivity index (χ3v) is 4.50. The first-order chi connectivity index (χ1) is 12.8. The van der Waals surface area contributed by atoms with Crippen LogP contribution in [0, 0.1) is 0 Å². The molecular weight excluding hydrogens is 374 g/mol. The van der Waals surface area contributed by atoms with E-state index in [1.54, 1.807) is 24.3 Å². The van der Waals surface area contributed by atoms with E-state index in [1.165, 1.54) is 38.3 Å². The van der Waals surface area contributed by atoms with Crippen LogP contribution in [0.4, 0.5) is 5.69 Å². The van der Waals surface area contributed by atoms with Crippen LogP contribution in [0.2, 0.25) is 0 Å². The molecule has 0 aliphatic rings. The molecule has 0 unspecified atom stereocenters. The zero-order valence-corrected chi connectivity index (χ0v) is 15.5. The highest BCUT2D eigenvalue weighted by molar-refractivity contribution is 7.89. The molecule has 0 bridgehead atoms. The average molecular weight is 393 g/mol. The summed E-state index contributed by atoms with van der Waals surface area (Å²) < 4.78 is 34.7. The molecule has 144 valence electrons. The van der Waals surface area contributed by atoms with Crippen molar-refractivity contribution in [2.24, 2.45) is 0 Å². The van der Waals surface area contributed by atoms with E-state index in [-0.39, 0.29) is 10.8 Å². The number of sulfonamides is 1. The molecule has 0 saturated heterocycles. The van der Waals surface area contributed by atoms with Crippen LogP contribution in [-0.4, -0.2) is 33.9 Å². The Balaban J connectivity index is 1.90. The summed E-state index contributed by atoms with van der Waals surface area (Å²) in [5.74, 6) is -0.165. The van der Waals surface area contributed by atoms with Crippen molar-refractivity contribution in [1.29, 1.82) is 0 Å². The summed E-state index contributed by atoms with van der Waals surface area (Å²) in [6.45, 7) is 0.930. The molecule has 2 rings (SSSR count). The number of para-hydroxylation sites is 2. The Hall–Kier alpha value is -3.11. The first kappa shape index (κ1) is 20.2. The smallest absolute Gasteiger partial charge is 0.272 e. The number of carbonyl (C=O) groups excluding carboxylic acids is 2. The third kappa shape index (κ3) is 5.97. The number of ether oxygens (including phenoxy) is 2. The number of hydrogen-bond donors (Lipinski definition) is 3. The number of anilines is 1. The number of methoxy groups -OCH3 is 1. The van der Waals surface area contributed by atoms with Gasteiger partial charge in [0, 0.05) is 12.6 Å². The van der Waals surface area contributed by atoms with Gasteiger partial charge in [-0.05, 0) is 36.4 Å². The van der Waals surface area contributed by atoms with Gasteiger partial charge in [0.2, 0.25) is 5.91 Å². The average Bonchev–Trinajstić information content (AvgIpc) is 2.65. The maximum Gasteiger partial charge on any atom is 0.272 e. The van der Waals surface area contributed by atoms with Crippen LogP contribution in [0.25, 0.3) is 0 Å². The Bertz CT molecular complexity index is 913. The summed E-state index contributed by atoms with van der Waals surface area (Å²) in [6, 6.07) is 12.2. The van der Waals surface area contributed by atoms with Crippen molar-refractivity contribution in [3.05, 3.63) is 48.5 Å². The summed E-state index contributed by atoms with van der Waals surface area (Å²) in [7, 11) is -2.51. The highest BCUT2D eigenvalue weighted by Crippen LogP contribution is 2.25. The molecule has 0 heterocycles. The van der Waals surface area contributed by atoms with Gasteiger partial charge < -0.3 is 14.8 Å². The third-order valence-electron chi connectivity index (χ3n) is 3.24. The van der Waals surface area contributed by atoms with E-state index in [9.17, 15) is 18.0 Å². The number of rotatable bonds is 8. The maximum atomic E-state index is 12.2. The molecule has 0 radical (unpaired) electrons. The summed E-state index contributed by atoms with van der Waals surface area (Å²) in [5.41, 5.74) is 2.52. The van der Waals surface area contributed by atoms with Gasteiger partial charge in [-0.2, -0.15) is 0 Å². The molecule has 0 saturated carbocycles. The second kappa shape index (κ2) is 9.01. The summed E-state index contributed by atoms with van der Waals surface area (Å²) in [6.07, 6.45) is 0. The fourth-order valence-electron chi connectivity index (χ4n) is 2.02. The summed E-state index contributed by atoms with van der Waals surface area (Å²) >= 11 is 0. The number of benzene rings is 2. The van der Waals surface area contributed by atoms with Crippen LogP contribution in [0.3, 0.4) is 0 Å². The molecule has 9 nitrogen and oxygen atoms in total. The molecule has 0 spiro atoms. The largest absolute Gasteiger partial charge is 0.493 e. The fraction of sp³-hybridized carbons (Fsp3) is 0.176. The van der Waals surface area contributed by atoms with E-state index in [1.807, 2.05) is 4.83 Å². The maximum absolute atomic E-state index is 12.2. The molecule has 27 heavy (non-hydrogen) atoms. The number of carbonyl (C=O) groups is 2. The van der Waals surface area contributed by atoms with Crippen molar-refractivity contribution >= 4 is 27.5 Å². The van der Waals surface area contributed by atoms with Crippen LogP contribution in [0.15, 0.2) is 53.4 Å². The summed E-state index contributed by atoms with van der Waals surface area (Å²) in [4.78, 5) is 24.7. The number of amides is 2. The van der Waals surface area contributed by atoms with Crippen LogP contribution in [0.5, 0.6) is 11.5 Å². The fourth-order valence-corrected chi connectivity index (χ4v) is 2.88. The van der Waals surface area contributed by atoms with Gasteiger partial charge in [-0.25, -0.2) is 8.42 Å². The molecule has 10 heteroatoms. The SMILES string of the molecule is COc1ccccc1OCC(=O)NNS(=O)(=O)c1ccc(NC(C)=O)cc1. The lowest BCUT2D eigenvalue weighted by molar-refractivity contribution is -0.123. The summed E-state index contributed by atoms with van der Waals surface area (Å²) in [5, 5.41) is 2.52. The Morgan fingerprint density at radius 3 is 2.22 bits per heavy atom. The van der Waals surface area contributed by atoms with E-state index in [0.717, 1.165) is 0 Å². The minimum atomic E-state index is -3.97. The van der Waals surface area contributed by atoms with Crippen molar-refractivity contribution in [3.8, 4) is 11.5 Å². The second-order valence-corrected chi connectivity index (χ2v) is 6.98. The van der Waals surface area contributed by atoms with Crippen LogP contribution in [0.1, 0.15) is 6.92 Å². The molecule has 3 N–H and O–H groups in total. The van der Waals surface area contributed by atoms with E-state index in [4.69, 9.17) is 9.47 Å². The van der Waals surface area contributed by atoms with Crippen LogP contribution in [-0.2, 0) is 19.6 Å². The van der Waals surface area contributed by atoms with E-state index < -0.39 is 22.5 Å². The minimum absolute atomic E-state index is 0.0810. The van der Waals surface area contributed by atoms with Gasteiger partial charge in [0.05, 0.1) is 12.0 Å². The molecule has 2 aromatic rings. The standard InChI is InChI=1S/C17H19N3O6S/c1-12(21)18-13-7-9-14(10-8-13)27(23,24)20-19-17(22)11-26-16-6-4-3-5-15(16)25-2/h3-10,20H,11H2,1-2H3,(H,18,21)(H,19,22). The zero-order chi connectivity index (χ0) is 19.9. The molecule has 0 fully saturated rings. The highest BCUT2D eigenvalue weighted by Gasteiger charge is 2.15. The van der Waals surface area contributed by atoms with E-state index in [0.29, 0.717) is 17.2 Å². The van der Waals surface area contributed by atoms with Crippen molar-refractivity contribution in [2.75, 3.05) is 19.0 Å². The molecule has 0 aromatic heterocycles. The first-order valence-corrected chi connectivity index (χ1v) is 9.24. The zero-order valence-electron chi connectivity index (χ0n) is 14.7. The van der Waals surface area contributed by atoms with Crippen molar-refractivity contribution in [3.63, 3.8) is 0 Å². The van der Waals surface area contributed by atoms with Gasteiger partial charge in [0.1, 0.15) is 0 Å². The predicted molar refractivity (Wildman–Crippen MR) is 97.7 cm³/mol. The molecule has 2 amide bonds. The molecule has 2 aromatic carbocycles. The van der Waals surface area contributed by atoms with Gasteiger partial charge in [-0.15, -0.1) is 4.83 Å². The predicted octanol–water partition coefficient (Wildman–Crippen LogP) is 1.04.